The first kappa shape index (κ1) is 16.6. The van der Waals surface area contributed by atoms with E-state index in [4.69, 9.17) is 4.74 Å². The minimum atomic E-state index is -0.293. The number of amides is 1. The fraction of sp³-hybridized carbons (Fsp3) is 0.333. The van der Waals surface area contributed by atoms with Gasteiger partial charge in [-0.15, -0.1) is 11.3 Å². The van der Waals surface area contributed by atoms with Gasteiger partial charge in [-0.25, -0.2) is 9.37 Å². The van der Waals surface area contributed by atoms with Crippen LogP contribution in [0.3, 0.4) is 0 Å². The smallest absolute Gasteiger partial charge is 0.234 e. The van der Waals surface area contributed by atoms with Crippen molar-refractivity contribution in [2.75, 3.05) is 18.1 Å². The maximum Gasteiger partial charge on any atom is 0.234 e. The van der Waals surface area contributed by atoms with E-state index in [0.29, 0.717) is 23.6 Å². The molecule has 25 heavy (non-hydrogen) atoms. The van der Waals surface area contributed by atoms with Crippen LogP contribution in [0.25, 0.3) is 10.2 Å². The van der Waals surface area contributed by atoms with Crippen LogP contribution in [-0.4, -0.2) is 30.1 Å². The highest BCUT2D eigenvalue weighted by molar-refractivity contribution is 7.22. The minimum absolute atomic E-state index is 0.00234. The molecule has 2 aromatic heterocycles. The summed E-state index contributed by atoms with van der Waals surface area (Å²) in [6.45, 7) is 1.23. The molecule has 1 unspecified atom stereocenters. The maximum atomic E-state index is 13.5. The molecule has 1 aliphatic rings. The number of nitrogens with zero attached hydrogens (tertiary/aromatic N) is 2. The molecular weight excluding hydrogens is 359 g/mol. The standard InChI is InChI=1S/C18H17FN2O2S2/c19-12-5-6-15-16(9-12)25-18(20-15)21(11-13-3-1-7-23-13)17(22)10-14-4-2-8-24-14/h2,4-6,8-9,13H,1,3,7,10-11H2. The largest absolute Gasteiger partial charge is 0.376 e. The van der Waals surface area contributed by atoms with Crippen molar-refractivity contribution in [1.82, 2.24) is 4.98 Å². The second-order valence-electron chi connectivity index (χ2n) is 6.00. The molecule has 1 aromatic carbocycles. The highest BCUT2D eigenvalue weighted by Crippen LogP contribution is 2.31. The van der Waals surface area contributed by atoms with Crippen molar-refractivity contribution in [3.63, 3.8) is 0 Å². The Bertz CT molecular complexity index is 872. The van der Waals surface area contributed by atoms with Crippen molar-refractivity contribution in [2.24, 2.45) is 0 Å². The lowest BCUT2D eigenvalue weighted by Crippen LogP contribution is -2.38. The van der Waals surface area contributed by atoms with Crippen LogP contribution in [0.4, 0.5) is 9.52 Å². The molecule has 0 radical (unpaired) electrons. The van der Waals surface area contributed by atoms with E-state index in [9.17, 15) is 9.18 Å². The number of hydrogen-bond donors (Lipinski definition) is 0. The second kappa shape index (κ2) is 7.19. The third kappa shape index (κ3) is 3.73. The number of benzene rings is 1. The molecule has 1 aliphatic heterocycles. The van der Waals surface area contributed by atoms with E-state index < -0.39 is 0 Å². The van der Waals surface area contributed by atoms with Crippen molar-refractivity contribution < 1.29 is 13.9 Å². The van der Waals surface area contributed by atoms with Gasteiger partial charge in [0.1, 0.15) is 5.82 Å². The molecular formula is C18H17FN2O2S2. The van der Waals surface area contributed by atoms with E-state index in [1.165, 1.54) is 23.5 Å². The molecule has 1 amide bonds. The summed E-state index contributed by atoms with van der Waals surface area (Å²) in [4.78, 5) is 20.2. The van der Waals surface area contributed by atoms with Crippen LogP contribution in [0.2, 0.25) is 0 Å². The van der Waals surface area contributed by atoms with Gasteiger partial charge in [-0.05, 0) is 42.5 Å². The first-order chi connectivity index (χ1) is 12.2. The lowest BCUT2D eigenvalue weighted by atomic mass is 10.2. The minimum Gasteiger partial charge on any atom is -0.376 e. The van der Waals surface area contributed by atoms with Gasteiger partial charge in [-0.1, -0.05) is 17.4 Å². The summed E-state index contributed by atoms with van der Waals surface area (Å²) >= 11 is 2.91. The SMILES string of the molecule is O=C(Cc1cccs1)N(CC1CCCO1)c1nc2ccc(F)cc2s1. The summed E-state index contributed by atoms with van der Waals surface area (Å²) in [6, 6.07) is 8.41. The Morgan fingerprint density at radius 1 is 1.40 bits per heavy atom. The average Bonchev–Trinajstić information content (AvgIpc) is 3.33. The van der Waals surface area contributed by atoms with Gasteiger partial charge >= 0.3 is 0 Å². The summed E-state index contributed by atoms with van der Waals surface area (Å²) < 4.78 is 19.9. The van der Waals surface area contributed by atoms with Gasteiger partial charge in [-0.3, -0.25) is 9.69 Å². The van der Waals surface area contributed by atoms with Gasteiger partial charge in [0.2, 0.25) is 5.91 Å². The molecule has 1 fully saturated rings. The molecule has 0 N–H and O–H groups in total. The molecule has 7 heteroatoms. The highest BCUT2D eigenvalue weighted by Gasteiger charge is 2.26. The summed E-state index contributed by atoms with van der Waals surface area (Å²) in [5, 5.41) is 2.57. The molecule has 130 valence electrons. The van der Waals surface area contributed by atoms with Crippen molar-refractivity contribution in [2.45, 2.75) is 25.4 Å². The Balaban J connectivity index is 1.63. The summed E-state index contributed by atoms with van der Waals surface area (Å²) in [6.07, 6.45) is 2.34. The molecule has 4 rings (SSSR count). The van der Waals surface area contributed by atoms with Crippen molar-refractivity contribution in [1.29, 1.82) is 0 Å². The molecule has 3 heterocycles. The summed E-state index contributed by atoms with van der Waals surface area (Å²) in [7, 11) is 0. The Morgan fingerprint density at radius 2 is 2.32 bits per heavy atom. The highest BCUT2D eigenvalue weighted by atomic mass is 32.1. The Labute approximate surface area is 152 Å². The zero-order valence-corrected chi connectivity index (χ0v) is 15.1. The molecule has 3 aromatic rings. The molecule has 0 bridgehead atoms. The van der Waals surface area contributed by atoms with Crippen molar-refractivity contribution in [3.8, 4) is 0 Å². The molecule has 0 aliphatic carbocycles. The number of hydrogen-bond acceptors (Lipinski definition) is 5. The average molecular weight is 376 g/mol. The number of ether oxygens (including phenoxy) is 1. The first-order valence-corrected chi connectivity index (χ1v) is 9.89. The number of aromatic nitrogens is 1. The van der Waals surface area contributed by atoms with Crippen LogP contribution in [0.5, 0.6) is 0 Å². The van der Waals surface area contributed by atoms with Gasteiger partial charge in [0, 0.05) is 11.5 Å². The Kier molecular flexibility index (Phi) is 4.78. The van der Waals surface area contributed by atoms with Crippen LogP contribution >= 0.6 is 22.7 Å². The number of halogens is 1. The molecule has 1 saturated heterocycles. The molecule has 0 spiro atoms. The second-order valence-corrected chi connectivity index (χ2v) is 8.05. The van der Waals surface area contributed by atoms with Gasteiger partial charge in [0.15, 0.2) is 5.13 Å². The number of carbonyl (C=O) groups is 1. The van der Waals surface area contributed by atoms with Crippen molar-refractivity contribution >= 4 is 43.9 Å². The molecule has 0 saturated carbocycles. The van der Waals surface area contributed by atoms with Gasteiger partial charge < -0.3 is 4.74 Å². The van der Waals surface area contributed by atoms with Crippen LogP contribution < -0.4 is 4.90 Å². The summed E-state index contributed by atoms with van der Waals surface area (Å²) in [5.41, 5.74) is 0.711. The van der Waals surface area contributed by atoms with Gasteiger partial charge in [0.25, 0.3) is 0 Å². The number of thiazole rings is 1. The number of fused-ring (bicyclic) bond motifs is 1. The fourth-order valence-electron chi connectivity index (χ4n) is 2.94. The Hall–Kier alpha value is -1.83. The lowest BCUT2D eigenvalue weighted by molar-refractivity contribution is -0.118. The predicted molar refractivity (Wildman–Crippen MR) is 98.9 cm³/mol. The topological polar surface area (TPSA) is 42.4 Å². The third-order valence-corrected chi connectivity index (χ3v) is 6.10. The van der Waals surface area contributed by atoms with E-state index in [1.807, 2.05) is 17.5 Å². The van der Waals surface area contributed by atoms with Crippen LogP contribution in [-0.2, 0) is 16.0 Å². The van der Waals surface area contributed by atoms with E-state index >= 15 is 0 Å². The van der Waals surface area contributed by atoms with E-state index in [1.54, 1.807) is 22.3 Å². The number of anilines is 1. The quantitative estimate of drug-likeness (QED) is 0.668. The monoisotopic (exact) mass is 376 g/mol. The van der Waals surface area contributed by atoms with Crippen LogP contribution in [0.15, 0.2) is 35.7 Å². The van der Waals surface area contributed by atoms with Gasteiger partial charge in [-0.2, -0.15) is 0 Å². The molecule has 1 atom stereocenters. The fourth-order valence-corrected chi connectivity index (χ4v) is 4.65. The zero-order chi connectivity index (χ0) is 17.2. The predicted octanol–water partition coefficient (Wildman–Crippen LogP) is 4.25. The molecule has 4 nitrogen and oxygen atoms in total. The number of thiophene rings is 1. The summed E-state index contributed by atoms with van der Waals surface area (Å²) in [5.74, 6) is -0.296. The third-order valence-electron chi connectivity index (χ3n) is 4.19. The number of rotatable bonds is 5. The van der Waals surface area contributed by atoms with Crippen LogP contribution in [0, 0.1) is 5.82 Å². The van der Waals surface area contributed by atoms with Crippen molar-refractivity contribution in [3.05, 3.63) is 46.4 Å². The maximum absolute atomic E-state index is 13.5. The van der Waals surface area contributed by atoms with Gasteiger partial charge in [0.05, 0.1) is 29.3 Å². The zero-order valence-electron chi connectivity index (χ0n) is 13.5. The van der Waals surface area contributed by atoms with Crippen LogP contribution in [0.1, 0.15) is 17.7 Å². The number of carbonyl (C=O) groups excluding carboxylic acids is 1. The van der Waals surface area contributed by atoms with E-state index in [0.717, 1.165) is 29.0 Å². The first-order valence-electron chi connectivity index (χ1n) is 8.19. The Morgan fingerprint density at radius 3 is 3.08 bits per heavy atom. The van der Waals surface area contributed by atoms with E-state index in [2.05, 4.69) is 4.98 Å². The normalized spacial score (nSPS) is 17.2. The lowest BCUT2D eigenvalue weighted by Gasteiger charge is -2.22. The van der Waals surface area contributed by atoms with E-state index in [-0.39, 0.29) is 17.8 Å².